The van der Waals surface area contributed by atoms with Crippen LogP contribution in [0, 0.1) is 5.82 Å². The number of nitrogens with zero attached hydrogens (tertiary/aromatic N) is 2. The molecule has 0 bridgehead atoms. The van der Waals surface area contributed by atoms with Crippen LogP contribution in [0.3, 0.4) is 0 Å². The highest BCUT2D eigenvalue weighted by Gasteiger charge is 2.34. The van der Waals surface area contributed by atoms with Crippen LogP contribution in [-0.2, 0) is 5.41 Å². The van der Waals surface area contributed by atoms with E-state index in [-0.39, 0.29) is 29.5 Å². The number of amides is 1. The van der Waals surface area contributed by atoms with Crippen molar-refractivity contribution in [2.75, 3.05) is 19.6 Å². The van der Waals surface area contributed by atoms with Gasteiger partial charge in [-0.25, -0.2) is 4.39 Å². The number of piperidine rings is 1. The van der Waals surface area contributed by atoms with Gasteiger partial charge in [-0.05, 0) is 56.0 Å². The Morgan fingerprint density at radius 3 is 2.62 bits per heavy atom. The molecule has 0 spiro atoms. The number of halogens is 2. The second-order valence-electron chi connectivity index (χ2n) is 8.21. The molecular weight excluding hydrogens is 391 g/mol. The van der Waals surface area contributed by atoms with Crippen molar-refractivity contribution in [1.29, 1.82) is 0 Å². The number of nitrogens with one attached hydrogen (secondary N) is 2. The third-order valence-corrected chi connectivity index (χ3v) is 6.34. The molecule has 1 unspecified atom stereocenters. The first-order valence-corrected chi connectivity index (χ1v) is 10.5. The number of hydrogen-bond acceptors (Lipinski definition) is 3. The maximum atomic E-state index is 13.4. The molecule has 0 radical (unpaired) electrons. The highest BCUT2D eigenvalue weighted by Crippen LogP contribution is 2.39. The SMILES string of the molecule is Cl.O=C(NCC1(c2ccc(F)cc2)CCCCC1)c1ccn(C2CCCNC2)n1. The minimum Gasteiger partial charge on any atom is -0.350 e. The van der Waals surface area contributed by atoms with Gasteiger partial charge in [-0.2, -0.15) is 5.10 Å². The third-order valence-electron chi connectivity index (χ3n) is 6.34. The minimum atomic E-state index is -0.221. The fourth-order valence-corrected chi connectivity index (χ4v) is 4.66. The number of carbonyl (C=O) groups is 1. The van der Waals surface area contributed by atoms with E-state index < -0.39 is 0 Å². The Kier molecular flexibility index (Phi) is 7.30. The monoisotopic (exact) mass is 420 g/mol. The Morgan fingerprint density at radius 1 is 1.17 bits per heavy atom. The lowest BCUT2D eigenvalue weighted by Gasteiger charge is -2.38. The molecule has 2 fully saturated rings. The quantitative estimate of drug-likeness (QED) is 0.768. The molecule has 7 heteroatoms. The van der Waals surface area contributed by atoms with Crippen LogP contribution in [0.2, 0.25) is 0 Å². The van der Waals surface area contributed by atoms with E-state index in [9.17, 15) is 9.18 Å². The van der Waals surface area contributed by atoms with Crippen LogP contribution in [0.25, 0.3) is 0 Å². The van der Waals surface area contributed by atoms with E-state index in [2.05, 4.69) is 15.7 Å². The molecule has 4 rings (SSSR count). The van der Waals surface area contributed by atoms with Crippen molar-refractivity contribution in [2.24, 2.45) is 0 Å². The molecule has 2 aliphatic rings. The van der Waals surface area contributed by atoms with Crippen molar-refractivity contribution >= 4 is 18.3 Å². The number of hydrogen-bond donors (Lipinski definition) is 2. The molecule has 29 heavy (non-hydrogen) atoms. The second-order valence-corrected chi connectivity index (χ2v) is 8.21. The maximum Gasteiger partial charge on any atom is 0.271 e. The minimum absolute atomic E-state index is 0. The predicted octanol–water partition coefficient (Wildman–Crippen LogP) is 4.00. The van der Waals surface area contributed by atoms with Gasteiger partial charge in [0.1, 0.15) is 11.5 Å². The predicted molar refractivity (Wildman–Crippen MR) is 114 cm³/mol. The largest absolute Gasteiger partial charge is 0.350 e. The van der Waals surface area contributed by atoms with Crippen molar-refractivity contribution in [2.45, 2.75) is 56.4 Å². The first-order valence-electron chi connectivity index (χ1n) is 10.5. The highest BCUT2D eigenvalue weighted by atomic mass is 35.5. The fourth-order valence-electron chi connectivity index (χ4n) is 4.66. The van der Waals surface area contributed by atoms with Gasteiger partial charge in [0.05, 0.1) is 6.04 Å². The van der Waals surface area contributed by atoms with Crippen molar-refractivity contribution in [3.05, 3.63) is 53.6 Å². The Balaban J connectivity index is 0.00000240. The number of benzene rings is 1. The summed E-state index contributed by atoms with van der Waals surface area (Å²) in [5.41, 5.74) is 1.47. The number of aromatic nitrogens is 2. The third kappa shape index (κ3) is 4.98. The van der Waals surface area contributed by atoms with Crippen LogP contribution < -0.4 is 10.6 Å². The summed E-state index contributed by atoms with van der Waals surface area (Å²) in [5.74, 6) is -0.351. The van der Waals surface area contributed by atoms with Crippen LogP contribution >= 0.6 is 12.4 Å². The standard InChI is InChI=1S/C22H29FN4O.ClH/c23-18-8-6-17(7-9-18)22(11-2-1-3-12-22)16-25-21(28)20-10-14-27(26-20)19-5-4-13-24-15-19;/h6-10,14,19,24H,1-5,11-13,15-16H2,(H,25,28);1H. The zero-order chi connectivity index (χ0) is 19.4. The molecule has 1 aromatic heterocycles. The molecule has 5 nitrogen and oxygen atoms in total. The van der Waals surface area contributed by atoms with Crippen LogP contribution in [0.5, 0.6) is 0 Å². The summed E-state index contributed by atoms with van der Waals surface area (Å²) in [6.07, 6.45) is 9.64. The lowest BCUT2D eigenvalue weighted by molar-refractivity contribution is 0.0930. The average Bonchev–Trinajstić information content (AvgIpc) is 3.24. The molecule has 1 aliphatic heterocycles. The first kappa shape index (κ1) is 21.8. The molecule has 1 saturated heterocycles. The molecule has 1 aliphatic carbocycles. The Morgan fingerprint density at radius 2 is 1.93 bits per heavy atom. The van der Waals surface area contributed by atoms with Crippen molar-refractivity contribution in [3.63, 3.8) is 0 Å². The molecule has 158 valence electrons. The molecule has 2 heterocycles. The van der Waals surface area contributed by atoms with Crippen LogP contribution in [0.15, 0.2) is 36.5 Å². The fraction of sp³-hybridized carbons (Fsp3) is 0.545. The van der Waals surface area contributed by atoms with E-state index in [0.717, 1.165) is 57.2 Å². The van der Waals surface area contributed by atoms with Gasteiger partial charge >= 0.3 is 0 Å². The van der Waals surface area contributed by atoms with Crippen molar-refractivity contribution < 1.29 is 9.18 Å². The smallest absolute Gasteiger partial charge is 0.271 e. The van der Waals surface area contributed by atoms with Gasteiger partial charge in [-0.3, -0.25) is 9.48 Å². The molecule has 2 aromatic rings. The van der Waals surface area contributed by atoms with Gasteiger partial charge in [-0.1, -0.05) is 31.4 Å². The second kappa shape index (κ2) is 9.72. The molecule has 1 saturated carbocycles. The van der Waals surface area contributed by atoms with E-state index in [4.69, 9.17) is 0 Å². The Labute approximate surface area is 177 Å². The van der Waals surface area contributed by atoms with Crippen molar-refractivity contribution in [1.82, 2.24) is 20.4 Å². The van der Waals surface area contributed by atoms with Gasteiger partial charge in [0.2, 0.25) is 0 Å². The first-order chi connectivity index (χ1) is 13.7. The summed E-state index contributed by atoms with van der Waals surface area (Å²) in [5, 5.41) is 11.0. The van der Waals surface area contributed by atoms with E-state index in [1.165, 1.54) is 18.6 Å². The van der Waals surface area contributed by atoms with Gasteiger partial charge in [0.15, 0.2) is 0 Å². The lowest BCUT2D eigenvalue weighted by Crippen LogP contribution is -2.42. The average molecular weight is 421 g/mol. The molecule has 2 N–H and O–H groups in total. The molecule has 1 atom stereocenters. The van der Waals surface area contributed by atoms with Crippen LogP contribution in [0.1, 0.15) is 67.0 Å². The van der Waals surface area contributed by atoms with Crippen LogP contribution in [-0.4, -0.2) is 35.3 Å². The summed E-state index contributed by atoms with van der Waals surface area (Å²) < 4.78 is 15.3. The lowest BCUT2D eigenvalue weighted by atomic mass is 9.69. The van der Waals surface area contributed by atoms with Crippen LogP contribution in [0.4, 0.5) is 4.39 Å². The number of carbonyl (C=O) groups excluding carboxylic acids is 1. The zero-order valence-corrected chi connectivity index (χ0v) is 17.5. The van der Waals surface area contributed by atoms with E-state index in [1.807, 2.05) is 23.0 Å². The normalized spacial score (nSPS) is 21.2. The highest BCUT2D eigenvalue weighted by molar-refractivity contribution is 5.92. The summed E-state index contributed by atoms with van der Waals surface area (Å²) in [7, 11) is 0. The Bertz CT molecular complexity index is 795. The molecule has 1 aromatic carbocycles. The maximum absolute atomic E-state index is 13.4. The number of rotatable bonds is 5. The molecular formula is C22H30ClFN4O. The van der Waals surface area contributed by atoms with Crippen molar-refractivity contribution in [3.8, 4) is 0 Å². The molecule has 1 amide bonds. The topological polar surface area (TPSA) is 59.0 Å². The Hall–Kier alpha value is -1.92. The van der Waals surface area contributed by atoms with Gasteiger partial charge in [0.25, 0.3) is 5.91 Å². The summed E-state index contributed by atoms with van der Waals surface area (Å²) >= 11 is 0. The summed E-state index contributed by atoms with van der Waals surface area (Å²) in [6.45, 7) is 2.52. The van der Waals surface area contributed by atoms with Gasteiger partial charge < -0.3 is 10.6 Å². The van der Waals surface area contributed by atoms with Gasteiger partial charge in [-0.15, -0.1) is 12.4 Å². The zero-order valence-electron chi connectivity index (χ0n) is 16.7. The van der Waals surface area contributed by atoms with E-state index in [0.29, 0.717) is 18.3 Å². The summed E-state index contributed by atoms with van der Waals surface area (Å²) in [4.78, 5) is 12.7. The van der Waals surface area contributed by atoms with E-state index in [1.54, 1.807) is 6.07 Å². The van der Waals surface area contributed by atoms with Gasteiger partial charge in [0, 0.05) is 24.7 Å². The summed E-state index contributed by atoms with van der Waals surface area (Å²) in [6, 6.07) is 8.91. The van der Waals surface area contributed by atoms with E-state index >= 15 is 0 Å².